The Kier molecular flexibility index (Phi) is 5.84. The van der Waals surface area contributed by atoms with Gasteiger partial charge >= 0.3 is 5.97 Å². The third kappa shape index (κ3) is 4.37. The number of hydrogen-bond acceptors (Lipinski definition) is 2. The SMILES string of the molecule is O=C(O)CC/C(=C1\CC(c2ccc(Br)cc2)=NC1=O)c1ccc(Br)cc1. The number of allylic oxidation sites excluding steroid dienone is 1. The number of carboxylic acids is 1. The van der Waals surface area contributed by atoms with Gasteiger partial charge in [0.15, 0.2) is 0 Å². The molecule has 1 amide bonds. The summed E-state index contributed by atoms with van der Waals surface area (Å²) >= 11 is 6.79. The summed E-state index contributed by atoms with van der Waals surface area (Å²) in [7, 11) is 0. The van der Waals surface area contributed by atoms with Crippen LogP contribution in [0.25, 0.3) is 5.57 Å². The Hall–Kier alpha value is -2.05. The smallest absolute Gasteiger partial charge is 0.303 e. The standard InChI is InChI=1S/C20H15Br2NO3/c21-14-5-1-12(2-6-14)16(9-10-19(24)25)17-11-18(23-20(17)26)13-3-7-15(22)8-4-13/h1-8H,9-11H2,(H,24,25)/b17-16-. The number of amides is 1. The number of nitrogens with zero attached hydrogens (tertiary/aromatic N) is 1. The molecular weight excluding hydrogens is 462 g/mol. The van der Waals surface area contributed by atoms with Crippen molar-refractivity contribution in [2.75, 3.05) is 0 Å². The van der Waals surface area contributed by atoms with Gasteiger partial charge in [0.1, 0.15) is 0 Å². The van der Waals surface area contributed by atoms with E-state index >= 15 is 0 Å². The van der Waals surface area contributed by atoms with Crippen LogP contribution in [-0.4, -0.2) is 22.7 Å². The third-order valence-electron chi connectivity index (χ3n) is 4.16. The summed E-state index contributed by atoms with van der Waals surface area (Å²) in [6.07, 6.45) is 0.669. The predicted octanol–water partition coefficient (Wildman–Crippen LogP) is 5.25. The van der Waals surface area contributed by atoms with Crippen molar-refractivity contribution in [3.05, 3.63) is 74.2 Å². The maximum Gasteiger partial charge on any atom is 0.303 e. The topological polar surface area (TPSA) is 66.7 Å². The van der Waals surface area contributed by atoms with Crippen LogP contribution in [0.1, 0.15) is 30.4 Å². The van der Waals surface area contributed by atoms with E-state index in [0.717, 1.165) is 25.6 Å². The molecule has 0 saturated carbocycles. The highest BCUT2D eigenvalue weighted by molar-refractivity contribution is 9.10. The van der Waals surface area contributed by atoms with E-state index in [1.807, 2.05) is 48.5 Å². The fourth-order valence-electron chi connectivity index (χ4n) is 2.87. The first-order chi connectivity index (χ1) is 12.4. The van der Waals surface area contributed by atoms with Crippen LogP contribution in [0.15, 0.2) is 68.0 Å². The van der Waals surface area contributed by atoms with Crippen molar-refractivity contribution in [2.24, 2.45) is 4.99 Å². The number of hydrogen-bond donors (Lipinski definition) is 1. The lowest BCUT2D eigenvalue weighted by Gasteiger charge is -2.10. The first kappa shape index (κ1) is 18.7. The molecule has 1 aliphatic heterocycles. The van der Waals surface area contributed by atoms with Crippen molar-refractivity contribution in [3.8, 4) is 0 Å². The lowest BCUT2D eigenvalue weighted by molar-refractivity contribution is -0.136. The Morgan fingerprint density at radius 1 is 0.962 bits per heavy atom. The van der Waals surface area contributed by atoms with Crippen LogP contribution in [0.4, 0.5) is 0 Å². The van der Waals surface area contributed by atoms with E-state index in [1.165, 1.54) is 0 Å². The largest absolute Gasteiger partial charge is 0.481 e. The number of benzene rings is 2. The van der Waals surface area contributed by atoms with Crippen LogP contribution in [-0.2, 0) is 9.59 Å². The number of carbonyl (C=O) groups excluding carboxylic acids is 1. The maximum atomic E-state index is 12.5. The summed E-state index contributed by atoms with van der Waals surface area (Å²) in [5.41, 5.74) is 3.78. The molecule has 26 heavy (non-hydrogen) atoms. The highest BCUT2D eigenvalue weighted by Gasteiger charge is 2.26. The van der Waals surface area contributed by atoms with Crippen LogP contribution >= 0.6 is 31.9 Å². The quantitative estimate of drug-likeness (QED) is 0.599. The van der Waals surface area contributed by atoms with Gasteiger partial charge in [-0.1, -0.05) is 56.1 Å². The zero-order chi connectivity index (χ0) is 18.7. The van der Waals surface area contributed by atoms with Gasteiger partial charge in [0.2, 0.25) is 0 Å². The van der Waals surface area contributed by atoms with Crippen LogP contribution in [0.2, 0.25) is 0 Å². The Morgan fingerprint density at radius 3 is 2.12 bits per heavy atom. The first-order valence-corrected chi connectivity index (χ1v) is 9.60. The molecule has 0 fully saturated rings. The predicted molar refractivity (Wildman–Crippen MR) is 108 cm³/mol. The molecule has 4 nitrogen and oxygen atoms in total. The van der Waals surface area contributed by atoms with Crippen molar-refractivity contribution >= 4 is 55.0 Å². The fraction of sp³-hybridized carbons (Fsp3) is 0.150. The molecular formula is C20H15Br2NO3. The van der Waals surface area contributed by atoms with E-state index in [9.17, 15) is 9.59 Å². The van der Waals surface area contributed by atoms with E-state index in [2.05, 4.69) is 36.9 Å². The van der Waals surface area contributed by atoms with Crippen molar-refractivity contribution in [1.82, 2.24) is 0 Å². The lowest BCUT2D eigenvalue weighted by atomic mass is 9.92. The molecule has 132 valence electrons. The summed E-state index contributed by atoms with van der Waals surface area (Å²) in [4.78, 5) is 27.8. The molecule has 1 N–H and O–H groups in total. The number of halogens is 2. The second-order valence-corrected chi connectivity index (χ2v) is 7.74. The molecule has 2 aromatic carbocycles. The summed E-state index contributed by atoms with van der Waals surface area (Å²) < 4.78 is 1.88. The molecule has 2 aromatic rings. The zero-order valence-corrected chi connectivity index (χ0v) is 16.9. The van der Waals surface area contributed by atoms with Gasteiger partial charge in [0, 0.05) is 27.4 Å². The van der Waals surface area contributed by atoms with Gasteiger partial charge < -0.3 is 5.11 Å². The maximum absolute atomic E-state index is 12.5. The van der Waals surface area contributed by atoms with Gasteiger partial charge in [-0.3, -0.25) is 9.59 Å². The molecule has 0 saturated heterocycles. The molecule has 0 bridgehead atoms. The summed E-state index contributed by atoms with van der Waals surface area (Å²) in [5.74, 6) is -1.18. The third-order valence-corrected chi connectivity index (χ3v) is 5.22. The molecule has 0 unspecified atom stereocenters. The number of aliphatic carboxylic acids is 1. The van der Waals surface area contributed by atoms with Gasteiger partial charge in [0.05, 0.1) is 5.71 Å². The molecule has 0 atom stereocenters. The van der Waals surface area contributed by atoms with Gasteiger partial charge in [-0.2, -0.15) is 0 Å². The molecule has 1 aliphatic rings. The average molecular weight is 477 g/mol. The summed E-state index contributed by atoms with van der Waals surface area (Å²) in [6.45, 7) is 0. The normalized spacial score (nSPS) is 15.8. The van der Waals surface area contributed by atoms with Crippen LogP contribution in [0, 0.1) is 0 Å². The van der Waals surface area contributed by atoms with E-state index < -0.39 is 5.97 Å². The van der Waals surface area contributed by atoms with Gasteiger partial charge in [0.25, 0.3) is 5.91 Å². The number of aliphatic imine (C=N–C) groups is 1. The highest BCUT2D eigenvalue weighted by Crippen LogP contribution is 2.32. The van der Waals surface area contributed by atoms with Crippen molar-refractivity contribution < 1.29 is 14.7 Å². The zero-order valence-electron chi connectivity index (χ0n) is 13.7. The summed E-state index contributed by atoms with van der Waals surface area (Å²) in [5, 5.41) is 9.07. The van der Waals surface area contributed by atoms with Crippen LogP contribution in [0.5, 0.6) is 0 Å². The lowest BCUT2D eigenvalue weighted by Crippen LogP contribution is -2.03. The number of rotatable bonds is 5. The number of carbonyl (C=O) groups is 2. The van der Waals surface area contributed by atoms with Gasteiger partial charge in [-0.25, -0.2) is 4.99 Å². The molecule has 1 heterocycles. The minimum absolute atomic E-state index is 0.0320. The van der Waals surface area contributed by atoms with E-state index in [4.69, 9.17) is 5.11 Å². The van der Waals surface area contributed by atoms with E-state index in [1.54, 1.807) is 0 Å². The minimum atomic E-state index is -0.889. The molecule has 0 spiro atoms. The molecule has 3 rings (SSSR count). The van der Waals surface area contributed by atoms with Gasteiger partial charge in [-0.05, 0) is 47.4 Å². The van der Waals surface area contributed by atoms with E-state index in [-0.39, 0.29) is 12.3 Å². The second-order valence-electron chi connectivity index (χ2n) is 5.91. The van der Waals surface area contributed by atoms with Crippen molar-refractivity contribution in [3.63, 3.8) is 0 Å². The first-order valence-electron chi connectivity index (χ1n) is 8.01. The van der Waals surface area contributed by atoms with E-state index in [0.29, 0.717) is 24.1 Å². The monoisotopic (exact) mass is 475 g/mol. The number of carboxylic acid groups (broad SMARTS) is 1. The second kappa shape index (κ2) is 8.10. The Labute approximate surface area is 167 Å². The van der Waals surface area contributed by atoms with Crippen LogP contribution < -0.4 is 0 Å². The molecule has 6 heteroatoms. The minimum Gasteiger partial charge on any atom is -0.481 e. The molecule has 0 aliphatic carbocycles. The summed E-state index contributed by atoms with van der Waals surface area (Å²) in [6, 6.07) is 15.2. The Balaban J connectivity index is 1.97. The van der Waals surface area contributed by atoms with Crippen molar-refractivity contribution in [1.29, 1.82) is 0 Å². The van der Waals surface area contributed by atoms with Crippen LogP contribution in [0.3, 0.4) is 0 Å². The Morgan fingerprint density at radius 2 is 1.54 bits per heavy atom. The average Bonchev–Trinajstić information content (AvgIpc) is 2.99. The van der Waals surface area contributed by atoms with Crippen molar-refractivity contribution in [2.45, 2.75) is 19.3 Å². The molecule has 0 aromatic heterocycles. The highest BCUT2D eigenvalue weighted by atomic mass is 79.9. The van der Waals surface area contributed by atoms with Gasteiger partial charge in [-0.15, -0.1) is 0 Å². The Bertz CT molecular complexity index is 913. The fourth-order valence-corrected chi connectivity index (χ4v) is 3.40. The molecule has 0 radical (unpaired) electrons.